The molecule has 1 rings (SSSR count). The summed E-state index contributed by atoms with van der Waals surface area (Å²) in [4.78, 5) is 0. The van der Waals surface area contributed by atoms with Gasteiger partial charge in [-0.3, -0.25) is 0 Å². The normalized spacial score (nSPS) is 52.6. The van der Waals surface area contributed by atoms with Crippen molar-refractivity contribution in [2.45, 2.75) is 44.3 Å². The van der Waals surface area contributed by atoms with E-state index in [1.165, 1.54) is 0 Å². The first kappa shape index (κ1) is 8.93. The van der Waals surface area contributed by atoms with Gasteiger partial charge in [0.25, 0.3) is 0 Å². The Morgan fingerprint density at radius 2 is 1.45 bits per heavy atom. The van der Waals surface area contributed by atoms with E-state index in [9.17, 15) is 10.2 Å². The molecule has 0 aromatic heterocycles. The van der Waals surface area contributed by atoms with Crippen LogP contribution in [0.3, 0.4) is 0 Å². The highest BCUT2D eigenvalue weighted by Crippen LogP contribution is 2.18. The number of hydrogen-bond donors (Lipinski definition) is 3. The van der Waals surface area contributed by atoms with E-state index in [1.54, 1.807) is 13.8 Å². The highest BCUT2D eigenvalue weighted by molar-refractivity contribution is 4.91. The molecule has 66 valence electrons. The third kappa shape index (κ3) is 1.54. The van der Waals surface area contributed by atoms with Gasteiger partial charge in [0.2, 0.25) is 0 Å². The van der Waals surface area contributed by atoms with E-state index in [-0.39, 0.29) is 12.2 Å². The van der Waals surface area contributed by atoms with Crippen LogP contribution in [-0.2, 0) is 4.74 Å². The highest BCUT2D eigenvalue weighted by Gasteiger charge is 2.38. The average molecular weight is 161 g/mol. The molecule has 11 heavy (non-hydrogen) atoms. The average Bonchev–Trinajstić information content (AvgIpc) is 1.97. The quantitative estimate of drug-likeness (QED) is 0.419. The molecule has 0 aromatic rings. The summed E-state index contributed by atoms with van der Waals surface area (Å²) in [7, 11) is 0. The fraction of sp³-hybridized carbons (Fsp3) is 1.00. The first-order valence-corrected chi connectivity index (χ1v) is 3.81. The molecule has 1 aliphatic heterocycles. The number of ether oxygens (including phenoxy) is 1. The van der Waals surface area contributed by atoms with Crippen LogP contribution >= 0.6 is 0 Å². The summed E-state index contributed by atoms with van der Waals surface area (Å²) in [6.45, 7) is 3.49. The fourth-order valence-electron chi connectivity index (χ4n) is 1.33. The summed E-state index contributed by atoms with van der Waals surface area (Å²) in [6, 6.07) is -0.589. The van der Waals surface area contributed by atoms with Crippen LogP contribution in [0.1, 0.15) is 13.8 Å². The molecule has 1 fully saturated rings. The molecule has 0 radical (unpaired) electrons. The van der Waals surface area contributed by atoms with E-state index in [0.29, 0.717) is 0 Å². The van der Waals surface area contributed by atoms with Crippen LogP contribution in [-0.4, -0.2) is 40.7 Å². The van der Waals surface area contributed by atoms with Gasteiger partial charge in [0, 0.05) is 0 Å². The lowest BCUT2D eigenvalue weighted by Crippen LogP contribution is -2.59. The minimum absolute atomic E-state index is 0.289. The summed E-state index contributed by atoms with van der Waals surface area (Å²) in [5, 5.41) is 18.6. The molecule has 1 saturated heterocycles. The topological polar surface area (TPSA) is 75.7 Å². The smallest absolute Gasteiger partial charge is 0.0975 e. The molecule has 0 bridgehead atoms. The number of hydrogen-bond acceptors (Lipinski definition) is 4. The van der Waals surface area contributed by atoms with Gasteiger partial charge < -0.3 is 20.7 Å². The van der Waals surface area contributed by atoms with Crippen molar-refractivity contribution in [3.63, 3.8) is 0 Å². The summed E-state index contributed by atoms with van der Waals surface area (Å²) >= 11 is 0. The molecule has 0 amide bonds. The van der Waals surface area contributed by atoms with Crippen LogP contribution in [0, 0.1) is 0 Å². The van der Waals surface area contributed by atoms with Gasteiger partial charge >= 0.3 is 0 Å². The van der Waals surface area contributed by atoms with E-state index in [2.05, 4.69) is 0 Å². The van der Waals surface area contributed by atoms with Crippen LogP contribution in [0.5, 0.6) is 0 Å². The Labute approximate surface area is 66.0 Å². The molecule has 0 spiro atoms. The lowest BCUT2D eigenvalue weighted by molar-refractivity contribution is -0.165. The Morgan fingerprint density at radius 3 is 1.82 bits per heavy atom. The first-order valence-electron chi connectivity index (χ1n) is 3.81. The van der Waals surface area contributed by atoms with Crippen molar-refractivity contribution in [3.8, 4) is 0 Å². The van der Waals surface area contributed by atoms with Gasteiger partial charge in [-0.15, -0.1) is 0 Å². The Balaban J connectivity index is 2.63. The molecule has 4 nitrogen and oxygen atoms in total. The molecule has 0 saturated carbocycles. The van der Waals surface area contributed by atoms with Gasteiger partial charge in [0.05, 0.1) is 30.5 Å². The van der Waals surface area contributed by atoms with Crippen LogP contribution < -0.4 is 5.73 Å². The van der Waals surface area contributed by atoms with Gasteiger partial charge in [-0.2, -0.15) is 0 Å². The van der Waals surface area contributed by atoms with Crippen LogP contribution in [0.2, 0.25) is 0 Å². The van der Waals surface area contributed by atoms with Crippen molar-refractivity contribution in [1.82, 2.24) is 0 Å². The lowest BCUT2D eigenvalue weighted by Gasteiger charge is -2.38. The Morgan fingerprint density at radius 1 is 1.09 bits per heavy atom. The molecule has 4 heteroatoms. The lowest BCUT2D eigenvalue weighted by atomic mass is 9.95. The molecule has 2 unspecified atom stereocenters. The zero-order valence-corrected chi connectivity index (χ0v) is 6.77. The van der Waals surface area contributed by atoms with Gasteiger partial charge in [0.1, 0.15) is 0 Å². The monoisotopic (exact) mass is 161 g/mol. The van der Waals surface area contributed by atoms with Crippen LogP contribution in [0.25, 0.3) is 0 Å². The van der Waals surface area contributed by atoms with E-state index in [0.717, 1.165) is 0 Å². The number of rotatable bonds is 0. The number of nitrogens with two attached hydrogens (primary N) is 1. The fourth-order valence-corrected chi connectivity index (χ4v) is 1.33. The van der Waals surface area contributed by atoms with Crippen molar-refractivity contribution >= 4 is 0 Å². The third-order valence-corrected chi connectivity index (χ3v) is 2.18. The molecule has 5 atom stereocenters. The Bertz CT molecular complexity index is 128. The minimum Gasteiger partial charge on any atom is -0.389 e. The second-order valence-electron chi connectivity index (χ2n) is 3.10. The van der Waals surface area contributed by atoms with E-state index in [1.807, 2.05) is 0 Å². The standard InChI is InChI=1S/C7H15NO3/c1-3-6(9)5(8)7(10)4(2)11-3/h3-7,9-10H,8H2,1-2H3/t3-,4?,5+,6?,7-/m1/s1. The summed E-state index contributed by atoms with van der Waals surface area (Å²) in [5.74, 6) is 0. The van der Waals surface area contributed by atoms with Gasteiger partial charge in [-0.05, 0) is 13.8 Å². The predicted octanol–water partition coefficient (Wildman–Crippen LogP) is -1.16. The van der Waals surface area contributed by atoms with Crippen LogP contribution in [0.4, 0.5) is 0 Å². The third-order valence-electron chi connectivity index (χ3n) is 2.18. The maximum atomic E-state index is 9.32. The maximum absolute atomic E-state index is 9.32. The summed E-state index contributed by atoms with van der Waals surface area (Å²) in [6.07, 6.45) is -2.10. The highest BCUT2D eigenvalue weighted by atomic mass is 16.5. The Kier molecular flexibility index (Phi) is 2.49. The maximum Gasteiger partial charge on any atom is 0.0975 e. The molecule has 4 N–H and O–H groups in total. The van der Waals surface area contributed by atoms with Crippen molar-refractivity contribution in [1.29, 1.82) is 0 Å². The first-order chi connectivity index (χ1) is 5.04. The number of aliphatic hydroxyl groups excluding tert-OH is 2. The van der Waals surface area contributed by atoms with E-state index in [4.69, 9.17) is 10.5 Å². The predicted molar refractivity (Wildman–Crippen MR) is 40.0 cm³/mol. The van der Waals surface area contributed by atoms with E-state index < -0.39 is 18.2 Å². The van der Waals surface area contributed by atoms with Crippen molar-refractivity contribution in [3.05, 3.63) is 0 Å². The van der Waals surface area contributed by atoms with Crippen LogP contribution in [0.15, 0.2) is 0 Å². The largest absolute Gasteiger partial charge is 0.389 e. The second kappa shape index (κ2) is 3.06. The van der Waals surface area contributed by atoms with E-state index >= 15 is 0 Å². The van der Waals surface area contributed by atoms with Crippen molar-refractivity contribution in [2.24, 2.45) is 5.73 Å². The molecule has 0 aliphatic carbocycles. The van der Waals surface area contributed by atoms with Crippen molar-refractivity contribution in [2.75, 3.05) is 0 Å². The van der Waals surface area contributed by atoms with Crippen molar-refractivity contribution < 1.29 is 14.9 Å². The molecule has 1 heterocycles. The molecule has 0 aromatic carbocycles. The SMILES string of the molecule is CC1O[C@H](C)C(O)[C@H](N)[C@@H]1O. The van der Waals surface area contributed by atoms with Gasteiger partial charge in [-0.25, -0.2) is 0 Å². The van der Waals surface area contributed by atoms with Gasteiger partial charge in [-0.1, -0.05) is 0 Å². The summed E-state index contributed by atoms with van der Waals surface area (Å²) < 4.78 is 5.20. The zero-order chi connectivity index (χ0) is 8.59. The Hall–Kier alpha value is -0.160. The second-order valence-corrected chi connectivity index (χ2v) is 3.10. The minimum atomic E-state index is -0.763. The zero-order valence-electron chi connectivity index (χ0n) is 6.77. The van der Waals surface area contributed by atoms with Gasteiger partial charge in [0.15, 0.2) is 0 Å². The summed E-state index contributed by atoms with van der Waals surface area (Å²) in [5.41, 5.74) is 5.52. The molecular weight excluding hydrogens is 146 g/mol. The number of aliphatic hydroxyl groups is 2. The molecule has 1 aliphatic rings. The molecular formula is C7H15NO3.